The molecule has 12 heavy (non-hydrogen) atoms. The van der Waals surface area contributed by atoms with Gasteiger partial charge in [0.05, 0.1) is 6.10 Å². The van der Waals surface area contributed by atoms with E-state index in [2.05, 4.69) is 5.32 Å². The summed E-state index contributed by atoms with van der Waals surface area (Å²) in [6.07, 6.45) is 4.69. The van der Waals surface area contributed by atoms with Crippen molar-refractivity contribution in [1.82, 2.24) is 5.32 Å². The van der Waals surface area contributed by atoms with Crippen LogP contribution in [0.15, 0.2) is 0 Å². The van der Waals surface area contributed by atoms with Gasteiger partial charge in [-0.05, 0) is 25.7 Å². The minimum absolute atomic E-state index is 0.227. The Balaban J connectivity index is 1.63. The second-order valence-corrected chi connectivity index (χ2v) is 3.65. The largest absolute Gasteiger partial charge is 0.376 e. The highest BCUT2D eigenvalue weighted by molar-refractivity contribution is 5.80. The molecule has 1 saturated carbocycles. The Bertz CT molecular complexity index is 171. The molecule has 0 unspecified atom stereocenters. The van der Waals surface area contributed by atoms with Gasteiger partial charge in [0.25, 0.3) is 0 Å². The number of amides is 1. The molecule has 1 heterocycles. The van der Waals surface area contributed by atoms with Crippen LogP contribution >= 0.6 is 0 Å². The Morgan fingerprint density at radius 3 is 2.83 bits per heavy atom. The number of nitrogens with one attached hydrogen (secondary N) is 1. The molecule has 1 saturated heterocycles. The van der Waals surface area contributed by atoms with E-state index < -0.39 is 0 Å². The van der Waals surface area contributed by atoms with Crippen LogP contribution in [0.3, 0.4) is 0 Å². The van der Waals surface area contributed by atoms with Crippen LogP contribution in [0, 0.1) is 5.92 Å². The summed E-state index contributed by atoms with van der Waals surface area (Å²) >= 11 is 0. The number of rotatable bonds is 3. The molecule has 0 bridgehead atoms. The number of ether oxygens (including phenoxy) is 1. The van der Waals surface area contributed by atoms with E-state index in [1.807, 2.05) is 0 Å². The van der Waals surface area contributed by atoms with Gasteiger partial charge in [0, 0.05) is 19.1 Å². The van der Waals surface area contributed by atoms with Crippen LogP contribution in [0.25, 0.3) is 0 Å². The van der Waals surface area contributed by atoms with Crippen LogP contribution < -0.4 is 5.32 Å². The molecule has 1 atom stereocenters. The van der Waals surface area contributed by atoms with Crippen LogP contribution in [0.1, 0.15) is 25.7 Å². The first-order valence-electron chi connectivity index (χ1n) is 4.75. The van der Waals surface area contributed by atoms with E-state index in [4.69, 9.17) is 4.74 Å². The van der Waals surface area contributed by atoms with Gasteiger partial charge in [-0.15, -0.1) is 0 Å². The van der Waals surface area contributed by atoms with Crippen molar-refractivity contribution in [2.75, 3.05) is 13.2 Å². The quantitative estimate of drug-likeness (QED) is 0.675. The molecule has 2 fully saturated rings. The highest BCUT2D eigenvalue weighted by Crippen LogP contribution is 2.28. The van der Waals surface area contributed by atoms with E-state index >= 15 is 0 Å². The zero-order valence-electron chi connectivity index (χ0n) is 7.21. The normalized spacial score (nSPS) is 28.8. The summed E-state index contributed by atoms with van der Waals surface area (Å²) in [5, 5.41) is 2.92. The van der Waals surface area contributed by atoms with E-state index in [9.17, 15) is 4.79 Å². The minimum atomic E-state index is 0.227. The Morgan fingerprint density at radius 2 is 2.25 bits per heavy atom. The van der Waals surface area contributed by atoms with Gasteiger partial charge < -0.3 is 10.1 Å². The van der Waals surface area contributed by atoms with Gasteiger partial charge in [0.2, 0.25) is 5.91 Å². The maximum atomic E-state index is 11.2. The Morgan fingerprint density at radius 1 is 1.42 bits per heavy atom. The third-order valence-corrected chi connectivity index (χ3v) is 2.48. The highest BCUT2D eigenvalue weighted by Gasteiger charge is 2.29. The van der Waals surface area contributed by atoms with E-state index in [1.54, 1.807) is 0 Å². The maximum Gasteiger partial charge on any atom is 0.223 e. The Labute approximate surface area is 72.5 Å². The zero-order chi connectivity index (χ0) is 8.39. The fourth-order valence-electron chi connectivity index (χ4n) is 1.51. The predicted octanol–water partition coefficient (Wildman–Crippen LogP) is 0.692. The number of hydrogen-bond donors (Lipinski definition) is 1. The van der Waals surface area contributed by atoms with Gasteiger partial charge in [-0.3, -0.25) is 4.79 Å². The molecule has 3 heteroatoms. The van der Waals surface area contributed by atoms with Crippen molar-refractivity contribution in [3.63, 3.8) is 0 Å². The molecule has 68 valence electrons. The first-order valence-corrected chi connectivity index (χ1v) is 4.75. The van der Waals surface area contributed by atoms with Gasteiger partial charge in [-0.25, -0.2) is 0 Å². The van der Waals surface area contributed by atoms with Crippen molar-refractivity contribution >= 4 is 5.91 Å². The molecule has 3 nitrogen and oxygen atoms in total. The summed E-state index contributed by atoms with van der Waals surface area (Å²) in [5.41, 5.74) is 0. The summed E-state index contributed by atoms with van der Waals surface area (Å²) in [7, 11) is 0. The third kappa shape index (κ3) is 1.97. The topological polar surface area (TPSA) is 38.3 Å². The van der Waals surface area contributed by atoms with Crippen LogP contribution in [0.2, 0.25) is 0 Å². The van der Waals surface area contributed by atoms with Crippen molar-refractivity contribution in [3.8, 4) is 0 Å². The average Bonchev–Trinajstić information content (AvgIpc) is 2.80. The minimum Gasteiger partial charge on any atom is -0.376 e. The lowest BCUT2D eigenvalue weighted by molar-refractivity contribution is -0.122. The van der Waals surface area contributed by atoms with Crippen molar-refractivity contribution in [2.45, 2.75) is 31.8 Å². The molecule has 1 N–H and O–H groups in total. The third-order valence-electron chi connectivity index (χ3n) is 2.48. The van der Waals surface area contributed by atoms with Crippen molar-refractivity contribution in [2.24, 2.45) is 5.92 Å². The van der Waals surface area contributed by atoms with Crippen molar-refractivity contribution in [3.05, 3.63) is 0 Å². The van der Waals surface area contributed by atoms with Crippen LogP contribution in [0.4, 0.5) is 0 Å². The Hall–Kier alpha value is -0.570. The molecule has 0 radical (unpaired) electrons. The van der Waals surface area contributed by atoms with Gasteiger partial charge in [0.15, 0.2) is 0 Å². The SMILES string of the molecule is O=C(NC[C@H]1CCCO1)C1CC1. The van der Waals surface area contributed by atoms with Crippen LogP contribution in [-0.4, -0.2) is 25.2 Å². The standard InChI is InChI=1S/C9H15NO2/c11-9(7-3-4-7)10-6-8-2-1-5-12-8/h7-8H,1-6H2,(H,10,11)/t8-/m1/s1. The van der Waals surface area contributed by atoms with Gasteiger partial charge >= 0.3 is 0 Å². The second-order valence-electron chi connectivity index (χ2n) is 3.65. The van der Waals surface area contributed by atoms with E-state index in [0.717, 1.165) is 38.8 Å². The summed E-state index contributed by atoms with van der Waals surface area (Å²) in [6, 6.07) is 0. The lowest BCUT2D eigenvalue weighted by Gasteiger charge is -2.09. The van der Waals surface area contributed by atoms with E-state index in [1.165, 1.54) is 0 Å². The molecular formula is C9H15NO2. The molecule has 0 aromatic carbocycles. The summed E-state index contributed by atoms with van der Waals surface area (Å²) in [5.74, 6) is 0.553. The molecule has 1 aliphatic heterocycles. The van der Waals surface area contributed by atoms with Crippen molar-refractivity contribution < 1.29 is 9.53 Å². The molecule has 0 aromatic heterocycles. The average molecular weight is 169 g/mol. The summed E-state index contributed by atoms with van der Waals surface area (Å²) in [6.45, 7) is 1.58. The first-order chi connectivity index (χ1) is 5.86. The fraction of sp³-hybridized carbons (Fsp3) is 0.889. The smallest absolute Gasteiger partial charge is 0.223 e. The second kappa shape index (κ2) is 3.44. The predicted molar refractivity (Wildman–Crippen MR) is 44.7 cm³/mol. The van der Waals surface area contributed by atoms with Crippen LogP contribution in [0.5, 0.6) is 0 Å². The lowest BCUT2D eigenvalue weighted by Crippen LogP contribution is -2.32. The molecule has 0 spiro atoms. The summed E-state index contributed by atoms with van der Waals surface area (Å²) < 4.78 is 5.39. The molecule has 2 rings (SSSR count). The monoisotopic (exact) mass is 169 g/mol. The molecular weight excluding hydrogens is 154 g/mol. The maximum absolute atomic E-state index is 11.2. The van der Waals surface area contributed by atoms with Crippen LogP contribution in [-0.2, 0) is 9.53 Å². The van der Waals surface area contributed by atoms with Gasteiger partial charge in [-0.1, -0.05) is 0 Å². The van der Waals surface area contributed by atoms with E-state index in [-0.39, 0.29) is 12.0 Å². The fourth-order valence-corrected chi connectivity index (χ4v) is 1.51. The molecule has 1 aliphatic carbocycles. The highest BCUT2D eigenvalue weighted by atomic mass is 16.5. The van der Waals surface area contributed by atoms with Crippen molar-refractivity contribution in [1.29, 1.82) is 0 Å². The zero-order valence-corrected chi connectivity index (χ0v) is 7.21. The number of carbonyl (C=O) groups is 1. The molecule has 1 amide bonds. The number of carbonyl (C=O) groups excluding carboxylic acids is 1. The molecule has 2 aliphatic rings. The van der Waals surface area contributed by atoms with E-state index in [0.29, 0.717) is 5.92 Å². The first kappa shape index (κ1) is 8.05. The van der Waals surface area contributed by atoms with Gasteiger partial charge in [-0.2, -0.15) is 0 Å². The molecule has 0 aromatic rings. The summed E-state index contributed by atoms with van der Waals surface area (Å²) in [4.78, 5) is 11.2. The lowest BCUT2D eigenvalue weighted by atomic mass is 10.2. The Kier molecular flexibility index (Phi) is 2.30. The number of hydrogen-bond acceptors (Lipinski definition) is 2. The van der Waals surface area contributed by atoms with Gasteiger partial charge in [0.1, 0.15) is 0 Å².